The number of alkyl halides is 3. The van der Waals surface area contributed by atoms with Gasteiger partial charge in [0.2, 0.25) is 0 Å². The van der Waals surface area contributed by atoms with Gasteiger partial charge in [0.05, 0.1) is 6.07 Å². The number of aryl methyl sites for hydroxylation is 3. The molecule has 154 valence electrons. The van der Waals surface area contributed by atoms with Crippen LogP contribution in [0.4, 0.5) is 13.2 Å². The molecule has 1 N–H and O–H groups in total. The molecule has 6 heteroatoms. The molecule has 1 unspecified atom stereocenters. The summed E-state index contributed by atoms with van der Waals surface area (Å²) in [5, 5.41) is 12.1. The summed E-state index contributed by atoms with van der Waals surface area (Å²) in [6.07, 6.45) is -1.45. The predicted octanol–water partition coefficient (Wildman–Crippen LogP) is 5.57. The van der Waals surface area contributed by atoms with Crippen molar-refractivity contribution in [1.82, 2.24) is 5.32 Å². The molecule has 2 rings (SSSR count). The maximum atomic E-state index is 11.6. The van der Waals surface area contributed by atoms with E-state index < -0.39 is 17.7 Å². The predicted molar refractivity (Wildman–Crippen MR) is 108 cm³/mol. The number of hydrogen-bond donors (Lipinski definition) is 1. The summed E-state index contributed by atoms with van der Waals surface area (Å²) in [7, 11) is 1.84. The van der Waals surface area contributed by atoms with Gasteiger partial charge in [-0.1, -0.05) is 42.5 Å². The molecule has 0 fully saturated rings. The second-order valence-corrected chi connectivity index (χ2v) is 6.78. The molecule has 0 heterocycles. The number of hydrogen-bond acceptors (Lipinski definition) is 3. The van der Waals surface area contributed by atoms with Gasteiger partial charge in [-0.2, -0.15) is 5.26 Å². The van der Waals surface area contributed by atoms with Crippen LogP contribution in [0.5, 0.6) is 5.75 Å². The Labute approximate surface area is 170 Å². The summed E-state index contributed by atoms with van der Waals surface area (Å²) in [6.45, 7) is 9.59. The lowest BCUT2D eigenvalue weighted by Gasteiger charge is -2.21. The molecule has 29 heavy (non-hydrogen) atoms. The molecule has 1 atom stereocenters. The summed E-state index contributed by atoms with van der Waals surface area (Å²) in [4.78, 5) is 0. The number of nitrogens with zero attached hydrogens (tertiary/aromatic N) is 1. The fraction of sp³-hybridized carbons (Fsp3) is 0.348. The molecule has 0 aliphatic rings. The molecule has 0 saturated heterocycles. The first-order valence-electron chi connectivity index (χ1n) is 9.00. The fourth-order valence-corrected chi connectivity index (χ4v) is 2.43. The van der Waals surface area contributed by atoms with Gasteiger partial charge in [0.15, 0.2) is 5.75 Å². The van der Waals surface area contributed by atoms with E-state index in [1.165, 1.54) is 28.8 Å². The Bertz CT molecular complexity index is 839. The highest BCUT2D eigenvalue weighted by Crippen LogP contribution is 2.20. The molecule has 3 nitrogen and oxygen atoms in total. The Hall–Kier alpha value is -2.96. The Kier molecular flexibility index (Phi) is 8.76. The van der Waals surface area contributed by atoms with Crippen molar-refractivity contribution in [1.29, 1.82) is 5.26 Å². The summed E-state index contributed by atoms with van der Waals surface area (Å²) < 4.78 is 38.5. The number of nitrogens with one attached hydrogen (secondary N) is 1. The zero-order valence-corrected chi connectivity index (χ0v) is 17.1. The van der Waals surface area contributed by atoms with Crippen molar-refractivity contribution < 1.29 is 17.9 Å². The van der Waals surface area contributed by atoms with Crippen molar-refractivity contribution in [2.75, 3.05) is 7.05 Å². The smallest absolute Gasteiger partial charge is 0.397 e. The van der Waals surface area contributed by atoms with E-state index in [4.69, 9.17) is 5.26 Å². The Morgan fingerprint density at radius 1 is 1.21 bits per heavy atom. The van der Waals surface area contributed by atoms with Gasteiger partial charge in [-0.25, -0.2) is 0 Å². The minimum absolute atomic E-state index is 0.405. The second-order valence-electron chi connectivity index (χ2n) is 6.78. The first kappa shape index (κ1) is 24.1. The van der Waals surface area contributed by atoms with Crippen molar-refractivity contribution in [3.05, 3.63) is 71.3 Å². The van der Waals surface area contributed by atoms with E-state index in [1.807, 2.05) is 14.0 Å². The van der Waals surface area contributed by atoms with Gasteiger partial charge in [0, 0.05) is 5.56 Å². The minimum atomic E-state index is -4.68. The van der Waals surface area contributed by atoms with Gasteiger partial charge in [0.25, 0.3) is 0 Å². The Morgan fingerprint density at radius 3 is 2.34 bits per heavy atom. The molecule has 0 saturated carbocycles. The second kappa shape index (κ2) is 10.5. The molecule has 0 bridgehead atoms. The van der Waals surface area contributed by atoms with Crippen LogP contribution < -0.4 is 10.1 Å². The molecule has 0 aliphatic heterocycles. The summed E-state index contributed by atoms with van der Waals surface area (Å²) in [5.74, 6) is -0.405. The third kappa shape index (κ3) is 8.72. The zero-order chi connectivity index (χ0) is 22.1. The largest absolute Gasteiger partial charge is 0.573 e. The van der Waals surface area contributed by atoms with Crippen LogP contribution in [0.25, 0.3) is 6.08 Å². The van der Waals surface area contributed by atoms with E-state index in [1.54, 1.807) is 0 Å². The van der Waals surface area contributed by atoms with E-state index in [0.29, 0.717) is 5.56 Å². The topological polar surface area (TPSA) is 45.0 Å². The van der Waals surface area contributed by atoms with Crippen LogP contribution in [0.3, 0.4) is 0 Å². The van der Waals surface area contributed by atoms with Crippen LogP contribution in [0.2, 0.25) is 0 Å². The van der Waals surface area contributed by atoms with Crippen molar-refractivity contribution in [3.63, 3.8) is 0 Å². The summed E-state index contributed by atoms with van der Waals surface area (Å²) >= 11 is 0. The highest BCUT2D eigenvalue weighted by atomic mass is 19.4. The lowest BCUT2D eigenvalue weighted by atomic mass is 9.93. The maximum Gasteiger partial charge on any atom is 0.573 e. The van der Waals surface area contributed by atoms with Gasteiger partial charge in [-0.3, -0.25) is 0 Å². The highest BCUT2D eigenvalue weighted by Gasteiger charge is 2.31. The zero-order valence-electron chi connectivity index (χ0n) is 17.1. The van der Waals surface area contributed by atoms with E-state index >= 15 is 0 Å². The van der Waals surface area contributed by atoms with Crippen molar-refractivity contribution in [2.45, 2.75) is 45.5 Å². The normalized spacial score (nSPS) is 12.5. The summed E-state index contributed by atoms with van der Waals surface area (Å²) in [5.41, 5.74) is 4.09. The van der Waals surface area contributed by atoms with Crippen LogP contribution in [-0.2, 0) is 6.42 Å². The number of benzene rings is 1. The highest BCUT2D eigenvalue weighted by molar-refractivity contribution is 5.44. The third-order valence-electron chi connectivity index (χ3n) is 4.38. The van der Waals surface area contributed by atoms with Gasteiger partial charge < -0.3 is 10.1 Å². The average molecular weight is 402 g/mol. The standard InChI is InChI=1S/C14H20N2.C9H5F3O/c1-11-5-6-13(12(2)9-11)7-8-14(3,10-15)16-4;1-2-7-3-5-8(6-4-7)13-9(10,11)12/h5-6,9,16H,7-8H2,1-4H3;2-3,5H,1H2. The molecule has 0 spiro atoms. The van der Waals surface area contributed by atoms with E-state index in [2.05, 4.69) is 66.9 Å². The van der Waals surface area contributed by atoms with Gasteiger partial charge in [0.1, 0.15) is 5.54 Å². The summed E-state index contributed by atoms with van der Waals surface area (Å²) in [6, 6.07) is 16.0. The number of halogens is 3. The Morgan fingerprint density at radius 2 is 1.90 bits per heavy atom. The lowest BCUT2D eigenvalue weighted by molar-refractivity contribution is -0.274. The van der Waals surface area contributed by atoms with E-state index in [-0.39, 0.29) is 0 Å². The van der Waals surface area contributed by atoms with Crippen LogP contribution in [0, 0.1) is 37.3 Å². The third-order valence-corrected chi connectivity index (χ3v) is 4.38. The van der Waals surface area contributed by atoms with Gasteiger partial charge >= 0.3 is 6.36 Å². The van der Waals surface area contributed by atoms with Gasteiger partial charge in [-0.15, -0.1) is 13.2 Å². The Balaban J connectivity index is 0.000000296. The maximum absolute atomic E-state index is 11.6. The molecule has 2 aromatic rings. The number of ether oxygens (including phenoxy) is 1. The molecule has 2 aromatic carbocycles. The SMILES string of the molecule is C=Cc1c#cc(OC(F)(F)F)cc1.CNC(C)(C#N)CCc1ccc(C)cc1C. The molecule has 0 aliphatic carbocycles. The fourth-order valence-electron chi connectivity index (χ4n) is 2.43. The van der Waals surface area contributed by atoms with Crippen molar-refractivity contribution >= 4 is 6.08 Å². The number of rotatable bonds is 6. The van der Waals surface area contributed by atoms with Crippen LogP contribution >= 0.6 is 0 Å². The van der Waals surface area contributed by atoms with E-state index in [9.17, 15) is 13.2 Å². The molecule has 0 radical (unpaired) electrons. The molecular weight excluding hydrogens is 377 g/mol. The van der Waals surface area contributed by atoms with Crippen LogP contribution in [0.15, 0.2) is 36.9 Å². The van der Waals surface area contributed by atoms with E-state index in [0.717, 1.165) is 18.9 Å². The quantitative estimate of drug-likeness (QED) is 0.687. The van der Waals surface area contributed by atoms with Crippen molar-refractivity contribution in [2.24, 2.45) is 0 Å². The lowest BCUT2D eigenvalue weighted by Crippen LogP contribution is -2.38. The molecule has 0 amide bonds. The average Bonchev–Trinajstić information content (AvgIpc) is 2.67. The van der Waals surface area contributed by atoms with Crippen LogP contribution in [0.1, 0.15) is 35.6 Å². The minimum Gasteiger partial charge on any atom is -0.397 e. The monoisotopic (exact) mass is 402 g/mol. The first-order valence-corrected chi connectivity index (χ1v) is 9.00. The van der Waals surface area contributed by atoms with Crippen LogP contribution in [-0.4, -0.2) is 18.9 Å². The number of nitriles is 1. The van der Waals surface area contributed by atoms with Crippen molar-refractivity contribution in [3.8, 4) is 11.8 Å². The first-order chi connectivity index (χ1) is 13.5. The molecule has 0 aromatic heterocycles. The molecular formula is C23H25F3N2O. The van der Waals surface area contributed by atoms with Gasteiger partial charge in [-0.05, 0) is 70.0 Å².